The van der Waals surface area contributed by atoms with Crippen LogP contribution in [0.5, 0.6) is 0 Å². The molecule has 1 rings (SSSR count). The van der Waals surface area contributed by atoms with Gasteiger partial charge in [-0.15, -0.1) is 0 Å². The molecule has 0 aliphatic carbocycles. The minimum absolute atomic E-state index is 0.0904. The number of hydrogen-bond acceptors (Lipinski definition) is 2. The van der Waals surface area contributed by atoms with Gasteiger partial charge in [0.2, 0.25) is 0 Å². The molecule has 0 amide bonds. The van der Waals surface area contributed by atoms with Crippen molar-refractivity contribution >= 4 is 5.78 Å². The first-order valence-electron chi connectivity index (χ1n) is 7.27. The van der Waals surface area contributed by atoms with Gasteiger partial charge in [-0.2, -0.15) is 13.2 Å². The van der Waals surface area contributed by atoms with E-state index < -0.39 is 28.8 Å². The summed E-state index contributed by atoms with van der Waals surface area (Å²) >= 11 is 0. The second kappa shape index (κ2) is 6.41. The van der Waals surface area contributed by atoms with Crippen LogP contribution in [0.25, 0.3) is 0 Å². The summed E-state index contributed by atoms with van der Waals surface area (Å²) in [6, 6.07) is 7.63. The molecule has 1 unspecified atom stereocenters. The van der Waals surface area contributed by atoms with Crippen molar-refractivity contribution in [2.24, 2.45) is 17.1 Å². The molecule has 0 saturated carbocycles. The van der Waals surface area contributed by atoms with Gasteiger partial charge in [0.1, 0.15) is 5.92 Å². The summed E-state index contributed by atoms with van der Waals surface area (Å²) in [6.45, 7) is 6.99. The Morgan fingerprint density at radius 2 is 1.59 bits per heavy atom. The topological polar surface area (TPSA) is 43.1 Å². The van der Waals surface area contributed by atoms with Gasteiger partial charge in [0.05, 0.1) is 0 Å². The molecule has 0 aromatic heterocycles. The molecule has 0 aliphatic rings. The summed E-state index contributed by atoms with van der Waals surface area (Å²) in [4.78, 5) is 12.3. The number of Topliss-reactive ketones (excluding diaryl/α,β-unsaturated/α-hetero) is 1. The molecule has 0 bridgehead atoms. The lowest BCUT2D eigenvalue weighted by molar-refractivity contribution is -0.168. The zero-order chi connectivity index (χ0) is 17.2. The molecule has 1 aromatic carbocycles. The van der Waals surface area contributed by atoms with Gasteiger partial charge in [-0.05, 0) is 32.1 Å². The van der Waals surface area contributed by atoms with Crippen molar-refractivity contribution in [1.29, 1.82) is 0 Å². The summed E-state index contributed by atoms with van der Waals surface area (Å²) in [7, 11) is 0. The Kier molecular flexibility index (Phi) is 5.44. The van der Waals surface area contributed by atoms with E-state index in [0.717, 1.165) is 0 Å². The molecule has 0 fully saturated rings. The standard InChI is InChI=1S/C17H24F3NO/c1-15(2,11-16(3,4)21)10-13(17(18,19)20)14(22)12-8-6-5-7-9-12/h5-9,13H,10-11,21H2,1-4H3. The minimum Gasteiger partial charge on any atom is -0.326 e. The van der Waals surface area contributed by atoms with E-state index in [1.807, 2.05) is 0 Å². The first-order valence-corrected chi connectivity index (χ1v) is 7.27. The number of benzene rings is 1. The Balaban J connectivity index is 3.03. The maximum atomic E-state index is 13.4. The first-order chi connectivity index (χ1) is 9.82. The van der Waals surface area contributed by atoms with Gasteiger partial charge in [-0.25, -0.2) is 0 Å². The molecule has 1 aromatic rings. The molecule has 2 N–H and O–H groups in total. The molecule has 0 spiro atoms. The fourth-order valence-corrected chi connectivity index (χ4v) is 3.02. The third-order valence-corrected chi connectivity index (χ3v) is 3.46. The second-order valence-electron chi connectivity index (χ2n) is 7.36. The first kappa shape index (κ1) is 18.7. The second-order valence-corrected chi connectivity index (χ2v) is 7.36. The van der Waals surface area contributed by atoms with E-state index in [-0.39, 0.29) is 12.0 Å². The third kappa shape index (κ3) is 5.79. The lowest BCUT2D eigenvalue weighted by atomic mass is 9.73. The van der Waals surface area contributed by atoms with Gasteiger partial charge in [0.15, 0.2) is 5.78 Å². The molecule has 5 heteroatoms. The number of carbonyl (C=O) groups excluding carboxylic acids is 1. The number of carbonyl (C=O) groups is 1. The quantitative estimate of drug-likeness (QED) is 0.780. The predicted molar refractivity (Wildman–Crippen MR) is 81.6 cm³/mol. The molecule has 0 radical (unpaired) electrons. The largest absolute Gasteiger partial charge is 0.398 e. The van der Waals surface area contributed by atoms with Crippen molar-refractivity contribution in [3.63, 3.8) is 0 Å². The maximum absolute atomic E-state index is 13.4. The van der Waals surface area contributed by atoms with Crippen LogP contribution in [0.3, 0.4) is 0 Å². The van der Waals surface area contributed by atoms with Crippen LogP contribution in [0.1, 0.15) is 50.9 Å². The number of rotatable bonds is 6. The maximum Gasteiger partial charge on any atom is 0.398 e. The van der Waals surface area contributed by atoms with Crippen LogP contribution < -0.4 is 5.73 Å². The Labute approximate surface area is 129 Å². The molecule has 22 heavy (non-hydrogen) atoms. The summed E-state index contributed by atoms with van der Waals surface area (Å²) in [6.07, 6.45) is -4.44. The van der Waals surface area contributed by atoms with Gasteiger partial charge in [-0.3, -0.25) is 4.79 Å². The predicted octanol–water partition coefficient (Wildman–Crippen LogP) is 4.59. The molecule has 1 atom stereocenters. The van der Waals surface area contributed by atoms with E-state index >= 15 is 0 Å². The van der Waals surface area contributed by atoms with Crippen LogP contribution in [0, 0.1) is 11.3 Å². The minimum atomic E-state index is -4.57. The van der Waals surface area contributed by atoms with Crippen molar-refractivity contribution in [1.82, 2.24) is 0 Å². The van der Waals surface area contributed by atoms with Crippen molar-refractivity contribution in [2.75, 3.05) is 0 Å². The zero-order valence-corrected chi connectivity index (χ0v) is 13.5. The van der Waals surface area contributed by atoms with Crippen molar-refractivity contribution in [3.8, 4) is 0 Å². The monoisotopic (exact) mass is 315 g/mol. The highest BCUT2D eigenvalue weighted by atomic mass is 19.4. The van der Waals surface area contributed by atoms with Crippen LogP contribution in [-0.2, 0) is 0 Å². The highest BCUT2D eigenvalue weighted by Gasteiger charge is 2.47. The average molecular weight is 315 g/mol. The molecule has 0 aliphatic heterocycles. The molecule has 124 valence electrons. The fraction of sp³-hybridized carbons (Fsp3) is 0.588. The third-order valence-electron chi connectivity index (χ3n) is 3.46. The molecular weight excluding hydrogens is 291 g/mol. The number of halogens is 3. The van der Waals surface area contributed by atoms with Crippen LogP contribution in [0.2, 0.25) is 0 Å². The van der Waals surface area contributed by atoms with Gasteiger partial charge >= 0.3 is 6.18 Å². The molecular formula is C17H24F3NO. The van der Waals surface area contributed by atoms with E-state index in [2.05, 4.69) is 0 Å². The summed E-state index contributed by atoms with van der Waals surface area (Å²) < 4.78 is 40.1. The van der Waals surface area contributed by atoms with Crippen molar-refractivity contribution in [3.05, 3.63) is 35.9 Å². The summed E-state index contributed by atoms with van der Waals surface area (Å²) in [5.74, 6) is -2.89. The van der Waals surface area contributed by atoms with Gasteiger partial charge < -0.3 is 5.73 Å². The average Bonchev–Trinajstić information content (AvgIpc) is 2.32. The smallest absolute Gasteiger partial charge is 0.326 e. The number of ketones is 1. The van der Waals surface area contributed by atoms with Crippen LogP contribution in [-0.4, -0.2) is 17.5 Å². The van der Waals surface area contributed by atoms with E-state index in [0.29, 0.717) is 6.42 Å². The molecule has 0 saturated heterocycles. The van der Waals surface area contributed by atoms with Gasteiger partial charge in [0.25, 0.3) is 0 Å². The lowest BCUT2D eigenvalue weighted by Gasteiger charge is -2.35. The summed E-state index contributed by atoms with van der Waals surface area (Å²) in [5.41, 5.74) is 4.74. The van der Waals surface area contributed by atoms with Crippen LogP contribution >= 0.6 is 0 Å². The van der Waals surface area contributed by atoms with Crippen molar-refractivity contribution in [2.45, 2.75) is 52.3 Å². The SMILES string of the molecule is CC(C)(N)CC(C)(C)CC(C(=O)c1ccccc1)C(F)(F)F. The number of hydrogen-bond donors (Lipinski definition) is 1. The summed E-state index contributed by atoms with van der Waals surface area (Å²) in [5, 5.41) is 0. The van der Waals surface area contributed by atoms with E-state index in [4.69, 9.17) is 5.73 Å². The Morgan fingerprint density at radius 3 is 2.00 bits per heavy atom. The molecule has 0 heterocycles. The van der Waals surface area contributed by atoms with Gasteiger partial charge in [-0.1, -0.05) is 44.2 Å². The van der Waals surface area contributed by atoms with Gasteiger partial charge in [0, 0.05) is 11.1 Å². The van der Waals surface area contributed by atoms with Crippen molar-refractivity contribution < 1.29 is 18.0 Å². The van der Waals surface area contributed by atoms with E-state index in [1.54, 1.807) is 45.9 Å². The fourth-order valence-electron chi connectivity index (χ4n) is 3.02. The Hall–Kier alpha value is -1.36. The highest BCUT2D eigenvalue weighted by molar-refractivity contribution is 5.98. The Bertz CT molecular complexity index is 501. The lowest BCUT2D eigenvalue weighted by Crippen LogP contribution is -2.41. The Morgan fingerprint density at radius 1 is 1.09 bits per heavy atom. The van der Waals surface area contributed by atoms with E-state index in [1.165, 1.54) is 12.1 Å². The zero-order valence-electron chi connectivity index (χ0n) is 13.5. The van der Waals surface area contributed by atoms with Crippen LogP contribution in [0.15, 0.2) is 30.3 Å². The normalized spacial score (nSPS) is 14.7. The number of nitrogens with two attached hydrogens (primary N) is 1. The molecule has 2 nitrogen and oxygen atoms in total. The number of alkyl halides is 3. The van der Waals surface area contributed by atoms with E-state index in [9.17, 15) is 18.0 Å². The van der Waals surface area contributed by atoms with Crippen LogP contribution in [0.4, 0.5) is 13.2 Å². The highest BCUT2D eigenvalue weighted by Crippen LogP contribution is 2.41.